The highest BCUT2D eigenvalue weighted by Crippen LogP contribution is 2.44. The number of halogens is 2. The van der Waals surface area contributed by atoms with Crippen LogP contribution in [0.2, 0.25) is 0 Å². The third-order valence-electron chi connectivity index (χ3n) is 4.77. The molecule has 3 heteroatoms. The second-order valence-corrected chi connectivity index (χ2v) is 6.32. The molecule has 124 valence electrons. The summed E-state index contributed by atoms with van der Waals surface area (Å²) in [6.07, 6.45) is 7.95. The van der Waals surface area contributed by atoms with Gasteiger partial charge in [-0.25, -0.2) is 8.78 Å². The maximum Gasteiger partial charge on any atom is 0.131 e. The lowest BCUT2D eigenvalue weighted by atomic mass is 9.72. The largest absolute Gasteiger partial charge is 0.256 e. The van der Waals surface area contributed by atoms with Crippen LogP contribution < -0.4 is 0 Å². The van der Waals surface area contributed by atoms with Crippen LogP contribution in [-0.2, 0) is 0 Å². The molecule has 0 saturated carbocycles. The molecule has 0 saturated heterocycles. The second kappa shape index (κ2) is 7.67. The zero-order valence-electron chi connectivity index (χ0n) is 14.3. The fourth-order valence-corrected chi connectivity index (χ4v) is 3.36. The number of aryl methyl sites for hydroxylation is 1. The van der Waals surface area contributed by atoms with Gasteiger partial charge >= 0.3 is 0 Å². The molecule has 0 bridgehead atoms. The molecule has 0 amide bonds. The Bertz CT molecular complexity index is 643. The van der Waals surface area contributed by atoms with Crippen molar-refractivity contribution < 1.29 is 8.78 Å². The van der Waals surface area contributed by atoms with Gasteiger partial charge in [0.25, 0.3) is 0 Å². The summed E-state index contributed by atoms with van der Waals surface area (Å²) in [6.45, 7) is 8.13. The molecule has 0 spiro atoms. The van der Waals surface area contributed by atoms with Gasteiger partial charge < -0.3 is 0 Å². The van der Waals surface area contributed by atoms with E-state index in [0.717, 1.165) is 18.1 Å². The maximum atomic E-state index is 14.7. The Kier molecular flexibility index (Phi) is 5.86. The van der Waals surface area contributed by atoms with E-state index in [9.17, 15) is 8.78 Å². The lowest BCUT2D eigenvalue weighted by Crippen LogP contribution is -2.24. The van der Waals surface area contributed by atoms with Gasteiger partial charge in [-0.3, -0.25) is 4.98 Å². The van der Waals surface area contributed by atoms with Crippen molar-refractivity contribution in [1.82, 2.24) is 4.98 Å². The van der Waals surface area contributed by atoms with Gasteiger partial charge in [-0.15, -0.1) is 0 Å². The molecular weight excluding hydrogens is 292 g/mol. The quantitative estimate of drug-likeness (QED) is 0.591. The van der Waals surface area contributed by atoms with E-state index in [1.165, 1.54) is 0 Å². The molecule has 0 aromatic carbocycles. The molecule has 3 atom stereocenters. The van der Waals surface area contributed by atoms with Crippen LogP contribution in [0, 0.1) is 24.7 Å². The van der Waals surface area contributed by atoms with Crippen molar-refractivity contribution in [2.75, 3.05) is 0 Å². The third kappa shape index (κ3) is 3.77. The van der Waals surface area contributed by atoms with E-state index in [2.05, 4.69) is 24.9 Å². The van der Waals surface area contributed by atoms with Crippen LogP contribution in [0.4, 0.5) is 8.78 Å². The van der Waals surface area contributed by atoms with E-state index in [0.29, 0.717) is 17.2 Å². The lowest BCUT2D eigenvalue weighted by Gasteiger charge is -2.33. The van der Waals surface area contributed by atoms with E-state index < -0.39 is 5.83 Å². The van der Waals surface area contributed by atoms with Crippen LogP contribution >= 0.6 is 0 Å². The standard InChI is InChI=1S/C20H25F2N/c1-5-8-16(13(3)6-2)17-11-15(21)12-18(22)19(17)20-14(4)9-7-10-23-20/h5,7-10,12-13,16-17H,6,11H2,1-4H3. The minimum Gasteiger partial charge on any atom is -0.256 e. The summed E-state index contributed by atoms with van der Waals surface area (Å²) in [7, 11) is 0. The summed E-state index contributed by atoms with van der Waals surface area (Å²) in [6, 6.07) is 3.76. The van der Waals surface area contributed by atoms with Crippen LogP contribution in [0.1, 0.15) is 44.9 Å². The SMILES string of the molecule is CC=CC(C(C)CC)C1CC(F)=CC(F)=C1c1ncccc1C. The Morgan fingerprint density at radius 2 is 2.13 bits per heavy atom. The zero-order chi connectivity index (χ0) is 17.0. The number of hydrogen-bond acceptors (Lipinski definition) is 1. The van der Waals surface area contributed by atoms with Crippen LogP contribution in [-0.4, -0.2) is 4.98 Å². The Balaban J connectivity index is 2.57. The first kappa shape index (κ1) is 17.6. The van der Waals surface area contributed by atoms with Crippen molar-refractivity contribution in [1.29, 1.82) is 0 Å². The molecule has 2 rings (SSSR count). The zero-order valence-corrected chi connectivity index (χ0v) is 14.3. The van der Waals surface area contributed by atoms with Crippen molar-refractivity contribution in [3.05, 3.63) is 59.5 Å². The van der Waals surface area contributed by atoms with Gasteiger partial charge in [0.15, 0.2) is 0 Å². The fourth-order valence-electron chi connectivity index (χ4n) is 3.36. The van der Waals surface area contributed by atoms with E-state index in [4.69, 9.17) is 0 Å². The Labute approximate surface area is 137 Å². The smallest absolute Gasteiger partial charge is 0.131 e. The molecule has 1 aliphatic rings. The molecule has 23 heavy (non-hydrogen) atoms. The van der Waals surface area contributed by atoms with Gasteiger partial charge in [-0.05, 0) is 37.3 Å². The number of pyridine rings is 1. The molecule has 1 aliphatic carbocycles. The third-order valence-corrected chi connectivity index (χ3v) is 4.77. The highest BCUT2D eigenvalue weighted by atomic mass is 19.1. The predicted molar refractivity (Wildman–Crippen MR) is 92.1 cm³/mol. The average Bonchev–Trinajstić information content (AvgIpc) is 2.52. The first-order chi connectivity index (χ1) is 11.0. The Morgan fingerprint density at radius 1 is 1.39 bits per heavy atom. The minimum atomic E-state index is -0.488. The van der Waals surface area contributed by atoms with Crippen molar-refractivity contribution in [3.8, 4) is 0 Å². The van der Waals surface area contributed by atoms with Crippen LogP contribution in [0.5, 0.6) is 0 Å². The molecule has 1 aromatic rings. The predicted octanol–water partition coefficient (Wildman–Crippen LogP) is 6.18. The monoisotopic (exact) mass is 317 g/mol. The van der Waals surface area contributed by atoms with Gasteiger partial charge in [0, 0.05) is 30.2 Å². The molecule has 0 N–H and O–H groups in total. The van der Waals surface area contributed by atoms with Gasteiger partial charge in [0.05, 0.1) is 5.69 Å². The van der Waals surface area contributed by atoms with Crippen LogP contribution in [0.25, 0.3) is 5.57 Å². The topological polar surface area (TPSA) is 12.9 Å². The number of nitrogens with zero attached hydrogens (tertiary/aromatic N) is 1. The van der Waals surface area contributed by atoms with Crippen molar-refractivity contribution in [2.45, 2.75) is 40.5 Å². The number of aromatic nitrogens is 1. The molecule has 1 heterocycles. The molecule has 0 fully saturated rings. The van der Waals surface area contributed by atoms with Crippen molar-refractivity contribution >= 4 is 5.57 Å². The van der Waals surface area contributed by atoms with Gasteiger partial charge in [0.2, 0.25) is 0 Å². The highest BCUT2D eigenvalue weighted by Gasteiger charge is 2.34. The Morgan fingerprint density at radius 3 is 2.74 bits per heavy atom. The first-order valence-electron chi connectivity index (χ1n) is 8.30. The van der Waals surface area contributed by atoms with Crippen LogP contribution in [0.3, 0.4) is 0 Å². The number of hydrogen-bond donors (Lipinski definition) is 0. The normalized spacial score (nSPS) is 21.5. The van der Waals surface area contributed by atoms with Crippen molar-refractivity contribution in [3.63, 3.8) is 0 Å². The summed E-state index contributed by atoms with van der Waals surface area (Å²) in [5, 5.41) is 0. The van der Waals surface area contributed by atoms with Crippen molar-refractivity contribution in [2.24, 2.45) is 17.8 Å². The first-order valence-corrected chi connectivity index (χ1v) is 8.30. The van der Waals surface area contributed by atoms with E-state index >= 15 is 0 Å². The number of rotatable bonds is 5. The summed E-state index contributed by atoms with van der Waals surface area (Å²) in [4.78, 5) is 4.38. The van der Waals surface area contributed by atoms with Gasteiger partial charge in [-0.2, -0.15) is 0 Å². The molecule has 0 aliphatic heterocycles. The summed E-state index contributed by atoms with van der Waals surface area (Å²) >= 11 is 0. The molecule has 0 radical (unpaired) electrons. The summed E-state index contributed by atoms with van der Waals surface area (Å²) in [5.41, 5.74) is 2.12. The number of allylic oxidation sites excluding steroid dienone is 6. The molecule has 1 nitrogen and oxygen atoms in total. The highest BCUT2D eigenvalue weighted by molar-refractivity contribution is 5.72. The summed E-state index contributed by atoms with van der Waals surface area (Å²) < 4.78 is 28.7. The molecule has 1 aromatic heterocycles. The minimum absolute atomic E-state index is 0.0895. The Hall–Kier alpha value is -1.77. The summed E-state index contributed by atoms with van der Waals surface area (Å²) in [5.74, 6) is -0.665. The molecular formula is C20H25F2N. The van der Waals surface area contributed by atoms with E-state index in [-0.39, 0.29) is 24.1 Å². The fraction of sp³-hybridized carbons (Fsp3) is 0.450. The maximum absolute atomic E-state index is 14.7. The second-order valence-electron chi connectivity index (χ2n) is 6.32. The van der Waals surface area contributed by atoms with Gasteiger partial charge in [0.1, 0.15) is 11.7 Å². The molecule has 3 unspecified atom stereocenters. The van der Waals surface area contributed by atoms with E-state index in [1.54, 1.807) is 6.20 Å². The van der Waals surface area contributed by atoms with E-state index in [1.807, 2.05) is 32.1 Å². The lowest BCUT2D eigenvalue weighted by molar-refractivity contribution is 0.319. The van der Waals surface area contributed by atoms with Gasteiger partial charge in [-0.1, -0.05) is 38.5 Å². The van der Waals surface area contributed by atoms with Crippen LogP contribution in [0.15, 0.2) is 48.2 Å². The average molecular weight is 317 g/mol.